The van der Waals surface area contributed by atoms with Crippen LogP contribution in [0.25, 0.3) is 11.3 Å². The van der Waals surface area contributed by atoms with Gasteiger partial charge in [-0.25, -0.2) is 9.97 Å². The Labute approximate surface area is 113 Å². The minimum Gasteiger partial charge on any atom is -0.497 e. The van der Waals surface area contributed by atoms with Crippen LogP contribution in [-0.2, 0) is 6.42 Å². The summed E-state index contributed by atoms with van der Waals surface area (Å²) in [7, 11) is 1.66. The van der Waals surface area contributed by atoms with Crippen molar-refractivity contribution in [3.8, 4) is 17.0 Å². The Kier molecular flexibility index (Phi) is 4.47. The van der Waals surface area contributed by atoms with E-state index in [4.69, 9.17) is 10.5 Å². The topological polar surface area (TPSA) is 61.0 Å². The van der Waals surface area contributed by atoms with Gasteiger partial charge in [-0.05, 0) is 42.8 Å². The highest BCUT2D eigenvalue weighted by atomic mass is 16.5. The fraction of sp³-hybridized carbons (Fsp3) is 0.333. The molecular weight excluding hydrogens is 238 g/mol. The second-order valence-corrected chi connectivity index (χ2v) is 4.63. The molecule has 1 heterocycles. The molecular formula is C15H19N3O. The van der Waals surface area contributed by atoms with Gasteiger partial charge in [0.05, 0.1) is 12.8 Å². The molecule has 0 aliphatic carbocycles. The summed E-state index contributed by atoms with van der Waals surface area (Å²) in [5, 5.41) is 0. The number of ether oxygens (including phenoxy) is 1. The zero-order valence-electron chi connectivity index (χ0n) is 11.3. The molecule has 4 nitrogen and oxygen atoms in total. The molecule has 1 unspecified atom stereocenters. The predicted molar refractivity (Wildman–Crippen MR) is 75.9 cm³/mol. The first-order chi connectivity index (χ1) is 9.22. The van der Waals surface area contributed by atoms with Crippen molar-refractivity contribution in [3.63, 3.8) is 0 Å². The van der Waals surface area contributed by atoms with E-state index in [1.165, 1.54) is 0 Å². The van der Waals surface area contributed by atoms with E-state index in [0.29, 0.717) is 12.5 Å². The van der Waals surface area contributed by atoms with Crippen LogP contribution in [0, 0.1) is 5.92 Å². The van der Waals surface area contributed by atoms with Crippen LogP contribution in [0.1, 0.15) is 12.7 Å². The maximum absolute atomic E-state index is 5.63. The molecule has 0 saturated carbocycles. The molecule has 0 aliphatic rings. The largest absolute Gasteiger partial charge is 0.497 e. The Morgan fingerprint density at radius 1 is 1.21 bits per heavy atom. The summed E-state index contributed by atoms with van der Waals surface area (Å²) in [5.41, 5.74) is 7.62. The first kappa shape index (κ1) is 13.5. The van der Waals surface area contributed by atoms with Gasteiger partial charge in [-0.2, -0.15) is 0 Å². The maximum Gasteiger partial charge on any atom is 0.129 e. The second-order valence-electron chi connectivity index (χ2n) is 4.63. The lowest BCUT2D eigenvalue weighted by Gasteiger charge is -2.08. The van der Waals surface area contributed by atoms with Crippen LogP contribution in [0.4, 0.5) is 0 Å². The number of hydrogen-bond acceptors (Lipinski definition) is 4. The minimum absolute atomic E-state index is 0.395. The molecule has 0 radical (unpaired) electrons. The Bertz CT molecular complexity index is 525. The third kappa shape index (κ3) is 3.51. The molecule has 2 N–H and O–H groups in total. The summed E-state index contributed by atoms with van der Waals surface area (Å²) in [4.78, 5) is 8.87. The first-order valence-electron chi connectivity index (χ1n) is 6.39. The van der Waals surface area contributed by atoms with Gasteiger partial charge in [0.1, 0.15) is 11.6 Å². The van der Waals surface area contributed by atoms with Crippen molar-refractivity contribution in [3.05, 3.63) is 42.4 Å². The second kappa shape index (κ2) is 6.29. The van der Waals surface area contributed by atoms with E-state index in [2.05, 4.69) is 16.9 Å². The molecule has 0 saturated heterocycles. The van der Waals surface area contributed by atoms with Crippen molar-refractivity contribution < 1.29 is 4.74 Å². The maximum atomic E-state index is 5.63. The normalized spacial score (nSPS) is 12.2. The fourth-order valence-corrected chi connectivity index (χ4v) is 1.81. The summed E-state index contributed by atoms with van der Waals surface area (Å²) < 4.78 is 5.15. The van der Waals surface area contributed by atoms with Crippen molar-refractivity contribution in [2.45, 2.75) is 13.3 Å². The number of aromatic nitrogens is 2. The molecule has 100 valence electrons. The summed E-state index contributed by atoms with van der Waals surface area (Å²) in [6.07, 6.45) is 2.60. The van der Waals surface area contributed by atoms with Gasteiger partial charge in [0.15, 0.2) is 0 Å². The van der Waals surface area contributed by atoms with E-state index < -0.39 is 0 Å². The zero-order chi connectivity index (χ0) is 13.7. The van der Waals surface area contributed by atoms with E-state index in [-0.39, 0.29) is 0 Å². The van der Waals surface area contributed by atoms with Crippen LogP contribution >= 0.6 is 0 Å². The van der Waals surface area contributed by atoms with Gasteiger partial charge in [0, 0.05) is 18.2 Å². The van der Waals surface area contributed by atoms with Crippen LogP contribution in [0.5, 0.6) is 5.75 Å². The average Bonchev–Trinajstić information content (AvgIpc) is 2.47. The van der Waals surface area contributed by atoms with Crippen LogP contribution in [-0.4, -0.2) is 23.6 Å². The van der Waals surface area contributed by atoms with Gasteiger partial charge < -0.3 is 10.5 Å². The van der Waals surface area contributed by atoms with Crippen molar-refractivity contribution in [1.82, 2.24) is 9.97 Å². The molecule has 1 aromatic carbocycles. The standard InChI is InChI=1S/C15H19N3O/c1-11(10-16)9-15-17-8-7-14(18-15)12-3-5-13(19-2)6-4-12/h3-8,11H,9-10,16H2,1-2H3. The SMILES string of the molecule is COc1ccc(-c2ccnc(CC(C)CN)n2)cc1. The van der Waals surface area contributed by atoms with Gasteiger partial charge in [-0.1, -0.05) is 6.92 Å². The summed E-state index contributed by atoms with van der Waals surface area (Å²) in [6.45, 7) is 2.75. The zero-order valence-corrected chi connectivity index (χ0v) is 11.3. The highest BCUT2D eigenvalue weighted by Gasteiger charge is 2.06. The molecule has 0 fully saturated rings. The van der Waals surface area contributed by atoms with Gasteiger partial charge in [0.25, 0.3) is 0 Å². The number of benzene rings is 1. The third-order valence-electron chi connectivity index (χ3n) is 3.02. The van der Waals surface area contributed by atoms with Crippen LogP contribution in [0.3, 0.4) is 0 Å². The van der Waals surface area contributed by atoms with Gasteiger partial charge in [-0.3, -0.25) is 0 Å². The Balaban J connectivity index is 2.21. The molecule has 4 heteroatoms. The lowest BCUT2D eigenvalue weighted by Crippen LogP contribution is -2.14. The third-order valence-corrected chi connectivity index (χ3v) is 3.02. The van der Waals surface area contributed by atoms with Crippen molar-refractivity contribution >= 4 is 0 Å². The Morgan fingerprint density at radius 3 is 2.58 bits per heavy atom. The van der Waals surface area contributed by atoms with Crippen molar-refractivity contribution in [2.75, 3.05) is 13.7 Å². The highest BCUT2D eigenvalue weighted by molar-refractivity contribution is 5.59. The van der Waals surface area contributed by atoms with Crippen LogP contribution in [0.2, 0.25) is 0 Å². The molecule has 0 spiro atoms. The van der Waals surface area contributed by atoms with Gasteiger partial charge in [-0.15, -0.1) is 0 Å². The summed E-state index contributed by atoms with van der Waals surface area (Å²) in [6, 6.07) is 9.77. The lowest BCUT2D eigenvalue weighted by molar-refractivity contribution is 0.415. The van der Waals surface area contributed by atoms with E-state index in [9.17, 15) is 0 Å². The fourth-order valence-electron chi connectivity index (χ4n) is 1.81. The minimum atomic E-state index is 0.395. The average molecular weight is 257 g/mol. The molecule has 1 atom stereocenters. The number of methoxy groups -OCH3 is 1. The summed E-state index contributed by atoms with van der Waals surface area (Å²) >= 11 is 0. The van der Waals surface area contributed by atoms with E-state index >= 15 is 0 Å². The molecule has 19 heavy (non-hydrogen) atoms. The molecule has 0 amide bonds. The number of rotatable bonds is 5. The van der Waals surface area contributed by atoms with Crippen molar-refractivity contribution in [1.29, 1.82) is 0 Å². The van der Waals surface area contributed by atoms with Gasteiger partial charge >= 0.3 is 0 Å². The molecule has 2 rings (SSSR count). The Morgan fingerprint density at radius 2 is 1.95 bits per heavy atom. The first-order valence-corrected chi connectivity index (χ1v) is 6.39. The molecule has 1 aromatic heterocycles. The van der Waals surface area contributed by atoms with Crippen LogP contribution in [0.15, 0.2) is 36.5 Å². The number of hydrogen-bond donors (Lipinski definition) is 1. The molecule has 0 bridgehead atoms. The predicted octanol–water partition coefficient (Wildman–Crippen LogP) is 2.29. The molecule has 0 aliphatic heterocycles. The number of nitrogens with two attached hydrogens (primary N) is 1. The smallest absolute Gasteiger partial charge is 0.129 e. The Hall–Kier alpha value is -1.94. The van der Waals surface area contributed by atoms with E-state index in [0.717, 1.165) is 29.3 Å². The number of nitrogens with zero attached hydrogens (tertiary/aromatic N) is 2. The van der Waals surface area contributed by atoms with Gasteiger partial charge in [0.2, 0.25) is 0 Å². The lowest BCUT2D eigenvalue weighted by atomic mass is 10.1. The molecule has 2 aromatic rings. The van der Waals surface area contributed by atoms with Crippen LogP contribution < -0.4 is 10.5 Å². The monoisotopic (exact) mass is 257 g/mol. The summed E-state index contributed by atoms with van der Waals surface area (Å²) in [5.74, 6) is 2.08. The van der Waals surface area contributed by atoms with E-state index in [1.807, 2.05) is 30.3 Å². The quantitative estimate of drug-likeness (QED) is 0.892. The van der Waals surface area contributed by atoms with E-state index in [1.54, 1.807) is 13.3 Å². The van der Waals surface area contributed by atoms with Crippen molar-refractivity contribution in [2.24, 2.45) is 11.7 Å². The highest BCUT2D eigenvalue weighted by Crippen LogP contribution is 2.20.